The first-order valence-corrected chi connectivity index (χ1v) is 9.69. The molecule has 7 nitrogen and oxygen atoms in total. The molecule has 8 heteroatoms. The second-order valence-corrected chi connectivity index (χ2v) is 7.14. The number of aromatic nitrogens is 1. The number of nitrogens with zero attached hydrogens (tertiary/aromatic N) is 3. The van der Waals surface area contributed by atoms with E-state index in [2.05, 4.69) is 33.4 Å². The molecule has 146 valence electrons. The smallest absolute Gasteiger partial charge is 0.292 e. The number of allylic oxidation sites excluding steroid dienone is 3. The lowest BCUT2D eigenvalue weighted by Gasteiger charge is -2.29. The molecule has 0 amide bonds. The van der Waals surface area contributed by atoms with E-state index < -0.39 is 0 Å². The maximum atomic E-state index is 6.33. The Kier molecular flexibility index (Phi) is 6.95. The molecule has 3 rings (SSSR count). The van der Waals surface area contributed by atoms with Gasteiger partial charge in [-0.05, 0) is 44.7 Å². The number of hydrazone groups is 1. The average molecular weight is 391 g/mol. The van der Waals surface area contributed by atoms with Crippen LogP contribution >= 0.6 is 11.6 Å². The van der Waals surface area contributed by atoms with Crippen LogP contribution in [0, 0.1) is 5.92 Å². The number of nitrogen functional groups attached to an aromatic ring is 1. The second-order valence-electron chi connectivity index (χ2n) is 6.74. The molecular weight excluding hydrogens is 364 g/mol. The molecule has 0 aromatic carbocycles. The highest BCUT2D eigenvalue weighted by Crippen LogP contribution is 2.26. The zero-order chi connectivity index (χ0) is 19.1. The number of nitrogens with one attached hydrogen (secondary N) is 2. The summed E-state index contributed by atoms with van der Waals surface area (Å²) in [5.74, 6) is 0.348. The first kappa shape index (κ1) is 19.5. The fourth-order valence-electron chi connectivity index (χ4n) is 3.28. The molecule has 2 aliphatic rings. The van der Waals surface area contributed by atoms with Gasteiger partial charge in [0.15, 0.2) is 0 Å². The van der Waals surface area contributed by atoms with Crippen molar-refractivity contribution in [2.45, 2.75) is 38.3 Å². The molecule has 0 saturated carbocycles. The SMILES string of the molecule is C=CN(/N=C\CC1C=C(NCc2coc(N)n2)C(Cl)=CC1)C1CCNCC1. The van der Waals surface area contributed by atoms with E-state index in [9.17, 15) is 0 Å². The summed E-state index contributed by atoms with van der Waals surface area (Å²) < 4.78 is 5.01. The zero-order valence-corrected chi connectivity index (χ0v) is 16.2. The Morgan fingerprint density at radius 1 is 1.48 bits per heavy atom. The van der Waals surface area contributed by atoms with Crippen molar-refractivity contribution in [2.75, 3.05) is 18.8 Å². The molecular formula is C19H27ClN6O. The monoisotopic (exact) mass is 390 g/mol. The number of halogens is 1. The molecule has 4 N–H and O–H groups in total. The summed E-state index contributed by atoms with van der Waals surface area (Å²) in [7, 11) is 0. The molecule has 1 aliphatic carbocycles. The fourth-order valence-corrected chi connectivity index (χ4v) is 3.50. The third-order valence-electron chi connectivity index (χ3n) is 4.78. The minimum Gasteiger partial charge on any atom is -0.432 e. The Morgan fingerprint density at radius 3 is 3.00 bits per heavy atom. The van der Waals surface area contributed by atoms with Crippen molar-refractivity contribution in [3.05, 3.63) is 47.6 Å². The zero-order valence-electron chi connectivity index (χ0n) is 15.4. The molecule has 27 heavy (non-hydrogen) atoms. The number of oxazole rings is 1. The van der Waals surface area contributed by atoms with E-state index in [1.54, 1.807) is 0 Å². The molecule has 1 atom stereocenters. The van der Waals surface area contributed by atoms with Crippen molar-refractivity contribution in [1.29, 1.82) is 0 Å². The van der Waals surface area contributed by atoms with Gasteiger partial charge in [0.1, 0.15) is 12.0 Å². The lowest BCUT2D eigenvalue weighted by molar-refractivity contribution is 0.235. The summed E-state index contributed by atoms with van der Waals surface area (Å²) in [4.78, 5) is 4.08. The van der Waals surface area contributed by atoms with Gasteiger partial charge in [0.25, 0.3) is 6.01 Å². The highest BCUT2D eigenvalue weighted by Gasteiger charge is 2.18. The van der Waals surface area contributed by atoms with Crippen molar-refractivity contribution in [2.24, 2.45) is 11.0 Å². The van der Waals surface area contributed by atoms with Crippen LogP contribution in [0.4, 0.5) is 6.01 Å². The lowest BCUT2D eigenvalue weighted by atomic mass is 9.96. The van der Waals surface area contributed by atoms with E-state index in [0.29, 0.717) is 18.5 Å². The van der Waals surface area contributed by atoms with Gasteiger partial charge in [0, 0.05) is 18.1 Å². The molecule has 1 unspecified atom stereocenters. The maximum absolute atomic E-state index is 6.33. The predicted octanol–water partition coefficient (Wildman–Crippen LogP) is 2.95. The molecule has 1 aliphatic heterocycles. The fraction of sp³-hybridized carbons (Fsp3) is 0.474. The van der Waals surface area contributed by atoms with Crippen molar-refractivity contribution in [3.8, 4) is 0 Å². The van der Waals surface area contributed by atoms with Gasteiger partial charge >= 0.3 is 0 Å². The number of nitrogens with two attached hydrogens (primary N) is 1. The van der Waals surface area contributed by atoms with Crippen LogP contribution in [0.25, 0.3) is 0 Å². The van der Waals surface area contributed by atoms with Gasteiger partial charge in [0.2, 0.25) is 0 Å². The minimum atomic E-state index is 0.167. The molecule has 0 spiro atoms. The summed E-state index contributed by atoms with van der Waals surface area (Å²) in [5.41, 5.74) is 7.14. The van der Waals surface area contributed by atoms with Crippen molar-refractivity contribution < 1.29 is 4.42 Å². The van der Waals surface area contributed by atoms with E-state index >= 15 is 0 Å². The standard InChI is InChI=1S/C19H27ClN6O/c1-2-26(16-6-8-22-9-7-16)24-10-5-14-3-4-17(20)18(11-14)23-12-15-13-27-19(21)25-15/h2,4,10-11,13-14,16,22-23H,1,3,5-9,12H2,(H2,21,25)/b24-10-. The quantitative estimate of drug-likeness (QED) is 0.467. The second kappa shape index (κ2) is 9.62. The van der Waals surface area contributed by atoms with Crippen molar-refractivity contribution in [3.63, 3.8) is 0 Å². The van der Waals surface area contributed by atoms with Crippen molar-refractivity contribution in [1.82, 2.24) is 20.6 Å². The highest BCUT2D eigenvalue weighted by molar-refractivity contribution is 6.32. The Labute approximate surface area is 165 Å². The molecule has 1 saturated heterocycles. The Morgan fingerprint density at radius 2 is 2.30 bits per heavy atom. The van der Waals surface area contributed by atoms with Crippen LogP contribution in [-0.4, -0.2) is 35.3 Å². The van der Waals surface area contributed by atoms with Crippen LogP contribution < -0.4 is 16.4 Å². The molecule has 2 heterocycles. The van der Waals surface area contributed by atoms with Crippen LogP contribution in [0.2, 0.25) is 0 Å². The van der Waals surface area contributed by atoms with E-state index in [-0.39, 0.29) is 6.01 Å². The summed E-state index contributed by atoms with van der Waals surface area (Å²) in [6.45, 7) is 6.48. The van der Waals surface area contributed by atoms with Crippen LogP contribution in [0.5, 0.6) is 0 Å². The molecule has 0 bridgehead atoms. The average Bonchev–Trinajstić information content (AvgIpc) is 3.11. The van der Waals surface area contributed by atoms with E-state index in [1.165, 1.54) is 6.26 Å². The number of hydrogen-bond donors (Lipinski definition) is 3. The molecule has 1 aromatic rings. The topological polar surface area (TPSA) is 91.7 Å². The third-order valence-corrected chi connectivity index (χ3v) is 5.14. The number of anilines is 1. The van der Waals surface area contributed by atoms with Crippen LogP contribution in [0.15, 0.2) is 51.4 Å². The van der Waals surface area contributed by atoms with Crippen molar-refractivity contribution >= 4 is 23.8 Å². The third kappa shape index (κ3) is 5.61. The summed E-state index contributed by atoms with van der Waals surface area (Å²) in [6, 6.07) is 0.601. The van der Waals surface area contributed by atoms with Crippen LogP contribution in [0.1, 0.15) is 31.4 Å². The largest absolute Gasteiger partial charge is 0.432 e. The summed E-state index contributed by atoms with van der Waals surface area (Å²) in [6.07, 6.45) is 13.4. The van der Waals surface area contributed by atoms with E-state index in [4.69, 9.17) is 21.8 Å². The summed E-state index contributed by atoms with van der Waals surface area (Å²) in [5, 5.41) is 14.0. The minimum absolute atomic E-state index is 0.167. The van der Waals surface area contributed by atoms with Gasteiger partial charge in [-0.25, -0.2) is 0 Å². The maximum Gasteiger partial charge on any atom is 0.292 e. The first-order chi connectivity index (χ1) is 13.2. The van der Waals surface area contributed by atoms with Gasteiger partial charge in [-0.1, -0.05) is 30.3 Å². The number of hydrogen-bond acceptors (Lipinski definition) is 7. The molecule has 1 aromatic heterocycles. The van der Waals surface area contributed by atoms with Crippen LogP contribution in [-0.2, 0) is 6.54 Å². The summed E-state index contributed by atoms with van der Waals surface area (Å²) >= 11 is 6.33. The first-order valence-electron chi connectivity index (χ1n) is 9.31. The van der Waals surface area contributed by atoms with Gasteiger partial charge in [-0.2, -0.15) is 10.1 Å². The van der Waals surface area contributed by atoms with Gasteiger partial charge in [-0.3, -0.25) is 5.01 Å². The Bertz CT molecular complexity index is 720. The predicted molar refractivity (Wildman–Crippen MR) is 109 cm³/mol. The van der Waals surface area contributed by atoms with Gasteiger partial charge in [0.05, 0.1) is 17.6 Å². The van der Waals surface area contributed by atoms with Gasteiger partial charge in [-0.15, -0.1) is 0 Å². The van der Waals surface area contributed by atoms with E-state index in [1.807, 2.05) is 23.5 Å². The van der Waals surface area contributed by atoms with E-state index in [0.717, 1.165) is 55.2 Å². The number of piperidine rings is 1. The lowest BCUT2D eigenvalue weighted by Crippen LogP contribution is -2.38. The molecule has 0 radical (unpaired) electrons. The highest BCUT2D eigenvalue weighted by atomic mass is 35.5. The van der Waals surface area contributed by atoms with Crippen LogP contribution in [0.3, 0.4) is 0 Å². The van der Waals surface area contributed by atoms with Gasteiger partial charge < -0.3 is 20.8 Å². The Balaban J connectivity index is 1.53. The Hall–Kier alpha value is -2.25. The number of rotatable bonds is 8. The molecule has 1 fully saturated rings. The normalized spacial score (nSPS) is 21.0.